The van der Waals surface area contributed by atoms with Crippen LogP contribution in [0.2, 0.25) is 5.02 Å². The van der Waals surface area contributed by atoms with Gasteiger partial charge in [-0.15, -0.1) is 0 Å². The minimum absolute atomic E-state index is 0.0846. The molecule has 1 fully saturated rings. The van der Waals surface area contributed by atoms with Gasteiger partial charge in [0.25, 0.3) is 0 Å². The monoisotopic (exact) mass is 318 g/mol. The molecule has 5 nitrogen and oxygen atoms in total. The molecule has 1 aliphatic carbocycles. The fourth-order valence-corrected chi connectivity index (χ4v) is 4.80. The largest absolute Gasteiger partial charge is 0.398 e. The average Bonchev–Trinajstić information content (AvgIpc) is 2.38. The number of hydrogen-bond donors (Lipinski definition) is 3. The first-order valence-electron chi connectivity index (χ1n) is 6.59. The van der Waals surface area contributed by atoms with Gasteiger partial charge in [0.2, 0.25) is 10.0 Å². The van der Waals surface area contributed by atoms with E-state index in [0.717, 1.165) is 19.3 Å². The molecule has 0 spiro atoms. The summed E-state index contributed by atoms with van der Waals surface area (Å²) in [6.07, 6.45) is 4.07. The average molecular weight is 319 g/mol. The van der Waals surface area contributed by atoms with Crippen LogP contribution in [0, 0.1) is 0 Å². The van der Waals surface area contributed by atoms with Crippen LogP contribution in [-0.2, 0) is 10.0 Å². The van der Waals surface area contributed by atoms with Crippen LogP contribution in [0.1, 0.15) is 32.1 Å². The normalized spacial score (nSPS) is 18.9. The van der Waals surface area contributed by atoms with E-state index in [9.17, 15) is 13.5 Å². The fourth-order valence-electron chi connectivity index (χ4n) is 2.67. The van der Waals surface area contributed by atoms with Gasteiger partial charge in [0.15, 0.2) is 0 Å². The topological polar surface area (TPSA) is 92.4 Å². The Morgan fingerprint density at radius 3 is 2.50 bits per heavy atom. The standard InChI is InChI=1S/C13H19ClN2O3S/c14-10-5-4-6-11(15)12(10)20(18,19)16-13(9-17)7-2-1-3-8-13/h4-6,16-17H,1-3,7-9,15H2. The van der Waals surface area contributed by atoms with Crippen LogP contribution < -0.4 is 10.5 Å². The van der Waals surface area contributed by atoms with Gasteiger partial charge in [-0.05, 0) is 25.0 Å². The molecule has 20 heavy (non-hydrogen) atoms. The lowest BCUT2D eigenvalue weighted by atomic mass is 9.83. The number of anilines is 1. The van der Waals surface area contributed by atoms with Crippen molar-refractivity contribution < 1.29 is 13.5 Å². The summed E-state index contributed by atoms with van der Waals surface area (Å²) in [4.78, 5) is -0.111. The van der Waals surface area contributed by atoms with E-state index < -0.39 is 15.6 Å². The highest BCUT2D eigenvalue weighted by molar-refractivity contribution is 7.89. The lowest BCUT2D eigenvalue weighted by Crippen LogP contribution is -2.52. The van der Waals surface area contributed by atoms with Crippen LogP contribution in [0.5, 0.6) is 0 Å². The fraction of sp³-hybridized carbons (Fsp3) is 0.538. The molecule has 0 amide bonds. The number of aliphatic hydroxyl groups excluding tert-OH is 1. The van der Waals surface area contributed by atoms with Gasteiger partial charge in [-0.25, -0.2) is 13.1 Å². The highest BCUT2D eigenvalue weighted by atomic mass is 35.5. The van der Waals surface area contributed by atoms with Crippen LogP contribution in [0.4, 0.5) is 5.69 Å². The highest BCUT2D eigenvalue weighted by Crippen LogP contribution is 2.32. The molecule has 1 aromatic rings. The van der Waals surface area contributed by atoms with Crippen molar-refractivity contribution in [3.05, 3.63) is 23.2 Å². The van der Waals surface area contributed by atoms with Gasteiger partial charge in [-0.2, -0.15) is 0 Å². The number of halogens is 1. The molecule has 0 saturated heterocycles. The molecule has 0 atom stereocenters. The van der Waals surface area contributed by atoms with Crippen molar-refractivity contribution >= 4 is 27.3 Å². The van der Waals surface area contributed by atoms with E-state index >= 15 is 0 Å². The van der Waals surface area contributed by atoms with Crippen molar-refractivity contribution in [1.29, 1.82) is 0 Å². The van der Waals surface area contributed by atoms with Crippen LogP contribution in [0.25, 0.3) is 0 Å². The summed E-state index contributed by atoms with van der Waals surface area (Å²) >= 11 is 5.96. The second kappa shape index (κ2) is 5.89. The Labute approximate surface area is 124 Å². The number of nitrogens with one attached hydrogen (secondary N) is 1. The first-order chi connectivity index (χ1) is 9.40. The van der Waals surface area contributed by atoms with Crippen molar-refractivity contribution in [1.82, 2.24) is 4.72 Å². The minimum atomic E-state index is -3.86. The second-order valence-electron chi connectivity index (χ2n) is 5.26. The molecule has 1 saturated carbocycles. The quantitative estimate of drug-likeness (QED) is 0.739. The molecule has 1 aliphatic rings. The Morgan fingerprint density at radius 2 is 1.95 bits per heavy atom. The molecule has 0 heterocycles. The molecule has 0 aliphatic heterocycles. The van der Waals surface area contributed by atoms with E-state index in [2.05, 4.69) is 4.72 Å². The number of sulfonamides is 1. The summed E-state index contributed by atoms with van der Waals surface area (Å²) < 4.78 is 27.7. The van der Waals surface area contributed by atoms with Crippen LogP contribution in [0.3, 0.4) is 0 Å². The number of hydrogen-bond acceptors (Lipinski definition) is 4. The number of rotatable bonds is 4. The predicted molar refractivity (Wildman–Crippen MR) is 79.1 cm³/mol. The smallest absolute Gasteiger partial charge is 0.244 e. The third-order valence-corrected chi connectivity index (χ3v) is 5.85. The van der Waals surface area contributed by atoms with Gasteiger partial charge < -0.3 is 10.8 Å². The van der Waals surface area contributed by atoms with Crippen LogP contribution in [-0.4, -0.2) is 25.7 Å². The van der Waals surface area contributed by atoms with E-state index in [0.29, 0.717) is 12.8 Å². The molecule has 0 bridgehead atoms. The maximum absolute atomic E-state index is 12.5. The molecule has 1 aromatic carbocycles. The summed E-state index contributed by atoms with van der Waals surface area (Å²) in [5.41, 5.74) is 5.03. The van der Waals surface area contributed by atoms with E-state index in [1.54, 1.807) is 6.07 Å². The molecular weight excluding hydrogens is 300 g/mol. The van der Waals surface area contributed by atoms with Gasteiger partial charge >= 0.3 is 0 Å². The van der Waals surface area contributed by atoms with Crippen LogP contribution in [0.15, 0.2) is 23.1 Å². The number of nitrogens with two attached hydrogens (primary N) is 1. The van der Waals surface area contributed by atoms with Gasteiger partial charge in [0.1, 0.15) is 4.90 Å². The van der Waals surface area contributed by atoms with Gasteiger partial charge in [0.05, 0.1) is 22.9 Å². The number of aliphatic hydroxyl groups is 1. The van der Waals surface area contributed by atoms with E-state index in [4.69, 9.17) is 17.3 Å². The zero-order valence-electron chi connectivity index (χ0n) is 11.1. The highest BCUT2D eigenvalue weighted by Gasteiger charge is 2.37. The molecule has 0 radical (unpaired) electrons. The molecule has 112 valence electrons. The zero-order valence-corrected chi connectivity index (χ0v) is 12.7. The van der Waals surface area contributed by atoms with Gasteiger partial charge in [-0.1, -0.05) is 36.9 Å². The maximum Gasteiger partial charge on any atom is 0.244 e. The second-order valence-corrected chi connectivity index (χ2v) is 7.29. The molecular formula is C13H19ClN2O3S. The summed E-state index contributed by atoms with van der Waals surface area (Å²) in [5, 5.41) is 9.68. The third-order valence-electron chi connectivity index (χ3n) is 3.73. The van der Waals surface area contributed by atoms with E-state index in [1.165, 1.54) is 12.1 Å². The lowest BCUT2D eigenvalue weighted by molar-refractivity contribution is 0.142. The maximum atomic E-state index is 12.5. The van der Waals surface area contributed by atoms with Crippen molar-refractivity contribution in [3.63, 3.8) is 0 Å². The van der Waals surface area contributed by atoms with Crippen molar-refractivity contribution in [2.75, 3.05) is 12.3 Å². The lowest BCUT2D eigenvalue weighted by Gasteiger charge is -2.36. The van der Waals surface area contributed by atoms with Gasteiger partial charge in [0, 0.05) is 0 Å². The Balaban J connectivity index is 2.35. The first-order valence-corrected chi connectivity index (χ1v) is 8.45. The number of benzene rings is 1. The van der Waals surface area contributed by atoms with E-state index in [1.807, 2.05) is 0 Å². The van der Waals surface area contributed by atoms with Gasteiger partial charge in [-0.3, -0.25) is 0 Å². The Morgan fingerprint density at radius 1 is 1.30 bits per heavy atom. The SMILES string of the molecule is Nc1cccc(Cl)c1S(=O)(=O)NC1(CO)CCCCC1. The summed E-state index contributed by atoms with van der Waals surface area (Å²) in [5.74, 6) is 0. The Hall–Kier alpha value is -0.820. The number of nitrogen functional groups attached to an aromatic ring is 1. The minimum Gasteiger partial charge on any atom is -0.398 e. The third kappa shape index (κ3) is 3.09. The Kier molecular flexibility index (Phi) is 4.59. The molecule has 4 N–H and O–H groups in total. The Bertz CT molecular complexity index is 563. The molecule has 7 heteroatoms. The van der Waals surface area contributed by atoms with Crippen molar-refractivity contribution in [2.45, 2.75) is 42.5 Å². The first kappa shape index (κ1) is 15.6. The van der Waals surface area contributed by atoms with Crippen molar-refractivity contribution in [2.24, 2.45) is 0 Å². The summed E-state index contributed by atoms with van der Waals surface area (Å²) in [7, 11) is -3.86. The molecule has 0 unspecified atom stereocenters. The van der Waals surface area contributed by atoms with E-state index in [-0.39, 0.29) is 22.2 Å². The predicted octanol–water partition coefficient (Wildman–Crippen LogP) is 1.90. The van der Waals surface area contributed by atoms with Crippen LogP contribution >= 0.6 is 11.6 Å². The zero-order chi connectivity index (χ0) is 14.8. The van der Waals surface area contributed by atoms with Crippen molar-refractivity contribution in [3.8, 4) is 0 Å². The summed E-state index contributed by atoms with van der Waals surface area (Å²) in [6, 6.07) is 4.57. The molecule has 0 aromatic heterocycles. The molecule has 2 rings (SSSR count). The summed E-state index contributed by atoms with van der Waals surface area (Å²) in [6.45, 7) is -0.226.